The van der Waals surface area contributed by atoms with Crippen LogP contribution in [0.15, 0.2) is 0 Å². The summed E-state index contributed by atoms with van der Waals surface area (Å²) < 4.78 is 0. The van der Waals surface area contributed by atoms with Crippen LogP contribution in [0.3, 0.4) is 0 Å². The van der Waals surface area contributed by atoms with Gasteiger partial charge in [-0.3, -0.25) is 0 Å². The second-order valence-electron chi connectivity index (χ2n) is 7.09. The molecule has 1 N–H and O–H groups in total. The molecule has 1 aliphatic rings. The van der Waals surface area contributed by atoms with Crippen molar-refractivity contribution >= 4 is 0 Å². The Kier molecular flexibility index (Phi) is 6.65. The fourth-order valence-corrected chi connectivity index (χ4v) is 3.09. The smallest absolute Gasteiger partial charge is 0.0119 e. The van der Waals surface area contributed by atoms with Crippen molar-refractivity contribution in [3.63, 3.8) is 0 Å². The van der Waals surface area contributed by atoms with E-state index in [1.807, 2.05) is 0 Å². The molecule has 2 atom stereocenters. The lowest BCUT2D eigenvalue weighted by molar-refractivity contribution is 0.130. The molecule has 0 aromatic rings. The Morgan fingerprint density at radius 2 is 1.94 bits per heavy atom. The minimum Gasteiger partial charge on any atom is -0.314 e. The van der Waals surface area contributed by atoms with Gasteiger partial charge in [0.05, 0.1) is 0 Å². The summed E-state index contributed by atoms with van der Waals surface area (Å²) in [5, 5.41) is 3.66. The molecule has 1 fully saturated rings. The molecule has 1 saturated heterocycles. The maximum atomic E-state index is 3.66. The van der Waals surface area contributed by atoms with Crippen molar-refractivity contribution < 1.29 is 0 Å². The molecule has 1 rings (SSSR count). The summed E-state index contributed by atoms with van der Waals surface area (Å²) in [7, 11) is 0. The molecule has 0 bridgehead atoms. The number of hydrogen-bond acceptors (Lipinski definition) is 2. The summed E-state index contributed by atoms with van der Waals surface area (Å²) in [5.74, 6) is 0.855. The van der Waals surface area contributed by atoms with Crippen LogP contribution in [0.4, 0.5) is 0 Å². The Balaban J connectivity index is 2.29. The van der Waals surface area contributed by atoms with Crippen LogP contribution in [-0.4, -0.2) is 37.1 Å². The van der Waals surface area contributed by atoms with Crippen LogP contribution in [0.25, 0.3) is 0 Å². The Morgan fingerprint density at radius 3 is 2.50 bits per heavy atom. The lowest BCUT2D eigenvalue weighted by Crippen LogP contribution is -2.49. The van der Waals surface area contributed by atoms with Gasteiger partial charge in [-0.1, -0.05) is 41.0 Å². The van der Waals surface area contributed by atoms with Crippen molar-refractivity contribution in [3.8, 4) is 0 Å². The van der Waals surface area contributed by atoms with E-state index >= 15 is 0 Å². The van der Waals surface area contributed by atoms with E-state index in [0.717, 1.165) is 18.5 Å². The maximum Gasteiger partial charge on any atom is 0.0119 e. The van der Waals surface area contributed by atoms with Gasteiger partial charge in [0.15, 0.2) is 0 Å². The van der Waals surface area contributed by atoms with Gasteiger partial charge in [0.25, 0.3) is 0 Å². The quantitative estimate of drug-likeness (QED) is 0.780. The molecule has 1 heterocycles. The number of piperidine rings is 1. The molecule has 0 aliphatic carbocycles. The zero-order valence-corrected chi connectivity index (χ0v) is 13.3. The number of rotatable bonds is 6. The van der Waals surface area contributed by atoms with Gasteiger partial charge in [0.1, 0.15) is 0 Å². The molecule has 0 amide bonds. The third kappa shape index (κ3) is 5.71. The molecule has 2 nitrogen and oxygen atoms in total. The van der Waals surface area contributed by atoms with Crippen molar-refractivity contribution in [1.29, 1.82) is 0 Å². The second kappa shape index (κ2) is 7.49. The Morgan fingerprint density at radius 1 is 1.22 bits per heavy atom. The average molecular weight is 254 g/mol. The topological polar surface area (TPSA) is 15.3 Å². The maximum absolute atomic E-state index is 3.66. The van der Waals surface area contributed by atoms with E-state index in [1.165, 1.54) is 45.3 Å². The zero-order chi connectivity index (χ0) is 13.6. The van der Waals surface area contributed by atoms with Crippen LogP contribution in [-0.2, 0) is 0 Å². The van der Waals surface area contributed by atoms with Crippen LogP contribution in [0, 0.1) is 11.3 Å². The van der Waals surface area contributed by atoms with Crippen molar-refractivity contribution in [3.05, 3.63) is 0 Å². The Hall–Kier alpha value is -0.0800. The van der Waals surface area contributed by atoms with E-state index in [4.69, 9.17) is 0 Å². The van der Waals surface area contributed by atoms with Crippen LogP contribution < -0.4 is 5.32 Å². The van der Waals surface area contributed by atoms with Gasteiger partial charge in [-0.25, -0.2) is 0 Å². The van der Waals surface area contributed by atoms with E-state index in [9.17, 15) is 0 Å². The molecule has 0 saturated carbocycles. The summed E-state index contributed by atoms with van der Waals surface area (Å²) in [4.78, 5) is 2.69. The van der Waals surface area contributed by atoms with Gasteiger partial charge >= 0.3 is 0 Å². The molecular formula is C16H34N2. The minimum absolute atomic E-state index is 0.492. The Bertz CT molecular complexity index is 220. The molecule has 0 spiro atoms. The van der Waals surface area contributed by atoms with E-state index in [1.54, 1.807) is 0 Å². The van der Waals surface area contributed by atoms with Gasteiger partial charge in [-0.15, -0.1) is 0 Å². The highest BCUT2D eigenvalue weighted by Crippen LogP contribution is 2.23. The molecular weight excluding hydrogens is 220 g/mol. The largest absolute Gasteiger partial charge is 0.314 e. The SMILES string of the molecule is CCNC1CCN(CCCC(C)(C)C)CC1CC. The number of likely N-dealkylation sites (tertiary alicyclic amines) is 1. The molecule has 2 heteroatoms. The van der Waals surface area contributed by atoms with Gasteiger partial charge in [0, 0.05) is 12.6 Å². The zero-order valence-electron chi connectivity index (χ0n) is 13.3. The Labute approximate surface area is 115 Å². The number of nitrogens with zero attached hydrogens (tertiary/aromatic N) is 1. The van der Waals surface area contributed by atoms with E-state index in [2.05, 4.69) is 44.8 Å². The molecule has 0 aromatic heterocycles. The van der Waals surface area contributed by atoms with Gasteiger partial charge < -0.3 is 10.2 Å². The first-order valence-electron chi connectivity index (χ1n) is 7.92. The third-order valence-electron chi connectivity index (χ3n) is 4.21. The molecule has 108 valence electrons. The van der Waals surface area contributed by atoms with Crippen LogP contribution in [0.5, 0.6) is 0 Å². The second-order valence-corrected chi connectivity index (χ2v) is 7.09. The highest BCUT2D eigenvalue weighted by Gasteiger charge is 2.27. The predicted molar refractivity (Wildman–Crippen MR) is 81.0 cm³/mol. The van der Waals surface area contributed by atoms with E-state index in [0.29, 0.717) is 5.41 Å². The highest BCUT2D eigenvalue weighted by atomic mass is 15.1. The fraction of sp³-hybridized carbons (Fsp3) is 1.00. The van der Waals surface area contributed by atoms with Gasteiger partial charge in [0.2, 0.25) is 0 Å². The first-order chi connectivity index (χ1) is 8.46. The minimum atomic E-state index is 0.492. The highest BCUT2D eigenvalue weighted by molar-refractivity contribution is 4.84. The van der Waals surface area contributed by atoms with Crippen molar-refractivity contribution in [1.82, 2.24) is 10.2 Å². The molecule has 0 aromatic carbocycles. The van der Waals surface area contributed by atoms with Crippen molar-refractivity contribution in [2.24, 2.45) is 11.3 Å². The average Bonchev–Trinajstić information content (AvgIpc) is 2.29. The summed E-state index contributed by atoms with van der Waals surface area (Å²) in [6.45, 7) is 16.6. The standard InChI is InChI=1S/C16H34N2/c1-6-14-13-18(11-8-10-16(3,4)5)12-9-15(14)17-7-2/h14-15,17H,6-13H2,1-5H3. The van der Waals surface area contributed by atoms with Gasteiger partial charge in [-0.05, 0) is 50.2 Å². The summed E-state index contributed by atoms with van der Waals surface area (Å²) in [6.07, 6.45) is 5.35. The molecule has 0 radical (unpaired) electrons. The van der Waals surface area contributed by atoms with Crippen LogP contribution in [0.2, 0.25) is 0 Å². The lowest BCUT2D eigenvalue weighted by Gasteiger charge is -2.39. The van der Waals surface area contributed by atoms with E-state index < -0.39 is 0 Å². The summed E-state index contributed by atoms with van der Waals surface area (Å²) in [5.41, 5.74) is 0.492. The predicted octanol–water partition coefficient (Wildman–Crippen LogP) is 3.52. The normalized spacial score (nSPS) is 26.5. The van der Waals surface area contributed by atoms with E-state index in [-0.39, 0.29) is 0 Å². The number of nitrogens with one attached hydrogen (secondary N) is 1. The molecule has 2 unspecified atom stereocenters. The van der Waals surface area contributed by atoms with Crippen molar-refractivity contribution in [2.75, 3.05) is 26.2 Å². The van der Waals surface area contributed by atoms with Crippen molar-refractivity contribution in [2.45, 2.75) is 66.3 Å². The first-order valence-corrected chi connectivity index (χ1v) is 7.92. The fourth-order valence-electron chi connectivity index (χ4n) is 3.09. The monoisotopic (exact) mass is 254 g/mol. The summed E-state index contributed by atoms with van der Waals surface area (Å²) in [6, 6.07) is 0.763. The summed E-state index contributed by atoms with van der Waals surface area (Å²) >= 11 is 0. The number of hydrogen-bond donors (Lipinski definition) is 1. The third-order valence-corrected chi connectivity index (χ3v) is 4.21. The van der Waals surface area contributed by atoms with Crippen LogP contribution in [0.1, 0.15) is 60.3 Å². The van der Waals surface area contributed by atoms with Crippen LogP contribution >= 0.6 is 0 Å². The first kappa shape index (κ1) is 16.0. The van der Waals surface area contributed by atoms with Gasteiger partial charge in [-0.2, -0.15) is 0 Å². The molecule has 1 aliphatic heterocycles. The lowest BCUT2D eigenvalue weighted by atomic mass is 9.88. The molecule has 18 heavy (non-hydrogen) atoms.